The highest BCUT2D eigenvalue weighted by Gasteiger charge is 2.20. The molecular weight excluding hydrogens is 212 g/mol. The molecule has 1 unspecified atom stereocenters. The van der Waals surface area contributed by atoms with Crippen molar-refractivity contribution >= 4 is 11.8 Å². The van der Waals surface area contributed by atoms with Crippen LogP contribution in [0.2, 0.25) is 0 Å². The Balaban J connectivity index is 2.26. The summed E-state index contributed by atoms with van der Waals surface area (Å²) in [5, 5.41) is 0.356. The van der Waals surface area contributed by atoms with Crippen LogP contribution >= 0.6 is 11.8 Å². The maximum atomic E-state index is 11.4. The van der Waals surface area contributed by atoms with Crippen molar-refractivity contribution in [1.82, 2.24) is 9.97 Å². The second kappa shape index (κ2) is 4.81. The van der Waals surface area contributed by atoms with E-state index in [9.17, 15) is 4.79 Å². The smallest absolute Gasteiger partial charge is 0.251 e. The summed E-state index contributed by atoms with van der Waals surface area (Å²) in [4.78, 5) is 18.6. The largest absolute Gasteiger partial charge is 0.378 e. The van der Waals surface area contributed by atoms with Crippen LogP contribution in [-0.4, -0.2) is 22.8 Å². The van der Waals surface area contributed by atoms with Gasteiger partial charge in [0, 0.05) is 13.2 Å². The molecule has 1 aliphatic rings. The van der Waals surface area contributed by atoms with Crippen LogP contribution in [0.3, 0.4) is 0 Å². The Morgan fingerprint density at radius 1 is 1.73 bits per heavy atom. The Morgan fingerprint density at radius 2 is 2.60 bits per heavy atom. The van der Waals surface area contributed by atoms with Crippen LogP contribution in [0.25, 0.3) is 0 Å². The van der Waals surface area contributed by atoms with Crippen LogP contribution < -0.4 is 5.56 Å². The zero-order valence-electron chi connectivity index (χ0n) is 8.66. The Morgan fingerprint density at radius 3 is 3.27 bits per heavy atom. The molecule has 5 heteroatoms. The summed E-state index contributed by atoms with van der Waals surface area (Å²) in [6.07, 6.45) is 2.30. The van der Waals surface area contributed by atoms with Crippen LogP contribution in [0, 0.1) is 0 Å². The van der Waals surface area contributed by atoms with Gasteiger partial charge in [-0.2, -0.15) is 11.8 Å². The molecule has 1 N–H and O–H groups in total. The first-order chi connectivity index (χ1) is 7.29. The number of aromatic amines is 1. The molecule has 0 radical (unpaired) electrons. The van der Waals surface area contributed by atoms with Gasteiger partial charge in [-0.15, -0.1) is 0 Å². The first-order valence-corrected chi connectivity index (χ1v) is 6.05. The van der Waals surface area contributed by atoms with Crippen molar-refractivity contribution in [2.45, 2.75) is 24.7 Å². The van der Waals surface area contributed by atoms with E-state index < -0.39 is 0 Å². The molecule has 0 bridgehead atoms. The molecule has 1 atom stereocenters. The summed E-state index contributed by atoms with van der Waals surface area (Å²) in [6, 6.07) is 1.49. The summed E-state index contributed by atoms with van der Waals surface area (Å²) in [7, 11) is 1.60. The maximum absolute atomic E-state index is 11.4. The number of rotatable bonds is 3. The highest BCUT2D eigenvalue weighted by molar-refractivity contribution is 7.99. The van der Waals surface area contributed by atoms with E-state index in [1.165, 1.54) is 12.5 Å². The van der Waals surface area contributed by atoms with Crippen molar-refractivity contribution < 1.29 is 4.74 Å². The van der Waals surface area contributed by atoms with Gasteiger partial charge in [0.1, 0.15) is 5.82 Å². The highest BCUT2D eigenvalue weighted by atomic mass is 32.2. The number of nitrogens with zero attached hydrogens (tertiary/aromatic N) is 1. The van der Waals surface area contributed by atoms with Gasteiger partial charge in [0.2, 0.25) is 0 Å². The molecule has 0 amide bonds. The van der Waals surface area contributed by atoms with E-state index in [0.29, 0.717) is 17.6 Å². The fourth-order valence-corrected chi connectivity index (χ4v) is 2.92. The topological polar surface area (TPSA) is 55.0 Å². The summed E-state index contributed by atoms with van der Waals surface area (Å²) >= 11 is 1.86. The molecular formula is C10H14N2O2S. The predicted octanol–water partition coefficient (Wildman–Crippen LogP) is 1.48. The van der Waals surface area contributed by atoms with E-state index in [0.717, 1.165) is 18.0 Å². The van der Waals surface area contributed by atoms with Gasteiger partial charge >= 0.3 is 0 Å². The van der Waals surface area contributed by atoms with Gasteiger partial charge in [-0.3, -0.25) is 4.79 Å². The zero-order chi connectivity index (χ0) is 10.7. The number of ether oxygens (including phenoxy) is 1. The van der Waals surface area contributed by atoms with Crippen molar-refractivity contribution in [1.29, 1.82) is 0 Å². The third-order valence-electron chi connectivity index (χ3n) is 2.34. The molecule has 0 aliphatic carbocycles. The average Bonchev–Trinajstić information content (AvgIpc) is 2.70. The van der Waals surface area contributed by atoms with Gasteiger partial charge in [0.05, 0.1) is 17.6 Å². The van der Waals surface area contributed by atoms with E-state index >= 15 is 0 Å². The average molecular weight is 226 g/mol. The van der Waals surface area contributed by atoms with Crippen LogP contribution in [0.4, 0.5) is 0 Å². The maximum Gasteiger partial charge on any atom is 0.251 e. The van der Waals surface area contributed by atoms with Crippen molar-refractivity contribution in [3.8, 4) is 0 Å². The molecule has 1 aromatic rings. The summed E-state index contributed by atoms with van der Waals surface area (Å²) in [5.41, 5.74) is 0.628. The van der Waals surface area contributed by atoms with Gasteiger partial charge in [-0.1, -0.05) is 0 Å². The Hall–Kier alpha value is -0.810. The van der Waals surface area contributed by atoms with Crippen molar-refractivity contribution in [2.75, 3.05) is 12.9 Å². The van der Waals surface area contributed by atoms with Crippen LogP contribution in [-0.2, 0) is 11.3 Å². The van der Waals surface area contributed by atoms with Crippen LogP contribution in [0.1, 0.15) is 29.6 Å². The normalized spacial score (nSPS) is 20.7. The number of thioether (sulfide) groups is 1. The van der Waals surface area contributed by atoms with Gasteiger partial charge in [0.15, 0.2) is 0 Å². The van der Waals surface area contributed by atoms with E-state index in [-0.39, 0.29) is 5.56 Å². The number of aromatic nitrogens is 2. The summed E-state index contributed by atoms with van der Waals surface area (Å²) in [6.45, 7) is 0.397. The predicted molar refractivity (Wildman–Crippen MR) is 60.0 cm³/mol. The number of nitrogens with one attached hydrogen (secondary N) is 1. The number of methoxy groups -OCH3 is 1. The van der Waals surface area contributed by atoms with E-state index in [1.54, 1.807) is 7.11 Å². The van der Waals surface area contributed by atoms with E-state index in [4.69, 9.17) is 4.74 Å². The third-order valence-corrected chi connectivity index (χ3v) is 3.73. The van der Waals surface area contributed by atoms with Crippen molar-refractivity contribution in [2.24, 2.45) is 0 Å². The highest BCUT2D eigenvalue weighted by Crippen LogP contribution is 2.37. The molecule has 2 rings (SSSR count). The lowest BCUT2D eigenvalue weighted by atomic mass is 10.2. The molecule has 1 saturated heterocycles. The van der Waals surface area contributed by atoms with E-state index in [2.05, 4.69) is 9.97 Å². The minimum absolute atomic E-state index is 0.0837. The lowest BCUT2D eigenvalue weighted by molar-refractivity contribution is 0.181. The molecule has 15 heavy (non-hydrogen) atoms. The molecule has 82 valence electrons. The SMILES string of the molecule is COCc1cc(=O)[nH]c(C2CCCS2)n1. The Labute approximate surface area is 92.5 Å². The van der Waals surface area contributed by atoms with E-state index in [1.807, 2.05) is 11.8 Å². The van der Waals surface area contributed by atoms with Gasteiger partial charge < -0.3 is 9.72 Å². The molecule has 0 aromatic carbocycles. The first-order valence-electron chi connectivity index (χ1n) is 5.00. The minimum atomic E-state index is -0.0837. The number of hydrogen-bond acceptors (Lipinski definition) is 4. The standard InChI is InChI=1S/C10H14N2O2S/c1-14-6-7-5-9(13)12-10(11-7)8-3-2-4-15-8/h5,8H,2-4,6H2,1H3,(H,11,12,13). The number of hydrogen-bond donors (Lipinski definition) is 1. The molecule has 1 fully saturated rings. The lowest BCUT2D eigenvalue weighted by Crippen LogP contribution is -2.14. The molecule has 0 spiro atoms. The second-order valence-corrected chi connectivity index (χ2v) is 4.87. The third kappa shape index (κ3) is 2.60. The van der Waals surface area contributed by atoms with Crippen LogP contribution in [0.15, 0.2) is 10.9 Å². The fraction of sp³-hybridized carbons (Fsp3) is 0.600. The minimum Gasteiger partial charge on any atom is -0.378 e. The lowest BCUT2D eigenvalue weighted by Gasteiger charge is -2.08. The zero-order valence-corrected chi connectivity index (χ0v) is 9.47. The monoisotopic (exact) mass is 226 g/mol. The fourth-order valence-electron chi connectivity index (χ4n) is 1.70. The summed E-state index contributed by atoms with van der Waals surface area (Å²) in [5.74, 6) is 1.96. The Bertz CT molecular complexity index is 385. The second-order valence-electron chi connectivity index (χ2n) is 3.56. The molecule has 1 aromatic heterocycles. The molecule has 4 nitrogen and oxygen atoms in total. The van der Waals surface area contributed by atoms with Crippen molar-refractivity contribution in [3.05, 3.63) is 27.9 Å². The Kier molecular flexibility index (Phi) is 3.43. The van der Waals surface area contributed by atoms with Crippen LogP contribution in [0.5, 0.6) is 0 Å². The van der Waals surface area contributed by atoms with Gasteiger partial charge in [0.25, 0.3) is 5.56 Å². The number of H-pyrrole nitrogens is 1. The first kappa shape index (κ1) is 10.7. The quantitative estimate of drug-likeness (QED) is 0.848. The molecule has 1 aliphatic heterocycles. The van der Waals surface area contributed by atoms with Gasteiger partial charge in [-0.25, -0.2) is 4.98 Å². The molecule has 2 heterocycles. The van der Waals surface area contributed by atoms with Crippen molar-refractivity contribution in [3.63, 3.8) is 0 Å². The van der Waals surface area contributed by atoms with Gasteiger partial charge in [-0.05, 0) is 18.6 Å². The molecule has 0 saturated carbocycles. The summed E-state index contributed by atoms with van der Waals surface area (Å²) < 4.78 is 4.98.